The van der Waals surface area contributed by atoms with Gasteiger partial charge in [-0.3, -0.25) is 0 Å². The molecular weight excluding hydrogens is 328 g/mol. The van der Waals surface area contributed by atoms with Crippen LogP contribution >= 0.6 is 15.9 Å². The van der Waals surface area contributed by atoms with Gasteiger partial charge in [0.05, 0.1) is 14.2 Å². The molecule has 0 saturated heterocycles. The number of para-hydroxylation sites is 2. The van der Waals surface area contributed by atoms with Gasteiger partial charge in [-0.05, 0) is 42.0 Å². The number of halogens is 1. The Morgan fingerprint density at radius 2 is 1.24 bits per heavy atom. The monoisotopic (exact) mass is 348 g/mol. The van der Waals surface area contributed by atoms with Crippen LogP contribution in [-0.2, 0) is 12.8 Å². The minimum absolute atomic E-state index is 0.498. The summed E-state index contributed by atoms with van der Waals surface area (Å²) in [5.74, 6) is 2.42. The van der Waals surface area contributed by atoms with Crippen LogP contribution in [0.1, 0.15) is 11.1 Å². The lowest BCUT2D eigenvalue weighted by Crippen LogP contribution is -2.11. The lowest BCUT2D eigenvalue weighted by molar-refractivity contribution is 0.400. The number of ether oxygens (including phenoxy) is 2. The van der Waals surface area contributed by atoms with Crippen LogP contribution in [0, 0.1) is 5.92 Å². The second-order valence-electron chi connectivity index (χ2n) is 5.05. The summed E-state index contributed by atoms with van der Waals surface area (Å²) in [6, 6.07) is 16.4. The summed E-state index contributed by atoms with van der Waals surface area (Å²) >= 11 is 3.64. The first-order valence-corrected chi connectivity index (χ1v) is 8.20. The van der Waals surface area contributed by atoms with Crippen molar-refractivity contribution in [2.75, 3.05) is 19.5 Å². The minimum Gasteiger partial charge on any atom is -0.496 e. The van der Waals surface area contributed by atoms with Crippen LogP contribution in [0.4, 0.5) is 0 Å². The molecule has 0 aliphatic carbocycles. The van der Waals surface area contributed by atoms with Crippen molar-refractivity contribution in [2.24, 2.45) is 5.92 Å². The predicted octanol–water partition coefficient (Wildman–Crippen LogP) is 4.50. The quantitative estimate of drug-likeness (QED) is 0.685. The van der Waals surface area contributed by atoms with E-state index in [1.165, 1.54) is 11.1 Å². The van der Waals surface area contributed by atoms with E-state index in [0.29, 0.717) is 5.92 Å². The zero-order valence-electron chi connectivity index (χ0n) is 12.5. The molecule has 0 saturated carbocycles. The summed E-state index contributed by atoms with van der Waals surface area (Å²) in [4.78, 5) is 0. The Morgan fingerprint density at radius 3 is 1.62 bits per heavy atom. The molecule has 2 rings (SSSR count). The Hall–Kier alpha value is -1.48. The second-order valence-corrected chi connectivity index (χ2v) is 5.70. The third-order valence-electron chi connectivity index (χ3n) is 3.62. The van der Waals surface area contributed by atoms with Gasteiger partial charge < -0.3 is 9.47 Å². The van der Waals surface area contributed by atoms with Gasteiger partial charge in [-0.15, -0.1) is 0 Å². The van der Waals surface area contributed by atoms with Crippen molar-refractivity contribution in [3.63, 3.8) is 0 Å². The van der Waals surface area contributed by atoms with E-state index in [1.54, 1.807) is 14.2 Å². The van der Waals surface area contributed by atoms with Crippen molar-refractivity contribution in [1.82, 2.24) is 0 Å². The molecule has 0 aliphatic rings. The maximum Gasteiger partial charge on any atom is 0.122 e. The highest BCUT2D eigenvalue weighted by Gasteiger charge is 2.14. The van der Waals surface area contributed by atoms with E-state index in [-0.39, 0.29) is 0 Å². The summed E-state index contributed by atoms with van der Waals surface area (Å²) in [7, 11) is 3.45. The molecule has 2 aromatic carbocycles. The first-order chi connectivity index (χ1) is 10.3. The molecule has 0 spiro atoms. The maximum absolute atomic E-state index is 5.45. The molecule has 2 aromatic rings. The molecule has 0 aromatic heterocycles. The van der Waals surface area contributed by atoms with Gasteiger partial charge in [0, 0.05) is 5.33 Å². The van der Waals surface area contributed by atoms with Gasteiger partial charge in [-0.1, -0.05) is 52.3 Å². The molecule has 3 heteroatoms. The normalized spacial score (nSPS) is 10.7. The van der Waals surface area contributed by atoms with Crippen molar-refractivity contribution < 1.29 is 9.47 Å². The van der Waals surface area contributed by atoms with Crippen LogP contribution in [0.25, 0.3) is 0 Å². The number of benzene rings is 2. The third-order valence-corrected chi connectivity index (χ3v) is 4.54. The number of alkyl halides is 1. The predicted molar refractivity (Wildman–Crippen MR) is 90.7 cm³/mol. The van der Waals surface area contributed by atoms with Gasteiger partial charge in [0.2, 0.25) is 0 Å². The molecule has 0 fully saturated rings. The summed E-state index contributed by atoms with van der Waals surface area (Å²) in [6.07, 6.45) is 1.96. The second kappa shape index (κ2) is 8.08. The fourth-order valence-corrected chi connectivity index (χ4v) is 3.00. The van der Waals surface area contributed by atoms with Crippen molar-refractivity contribution in [3.8, 4) is 11.5 Å². The number of hydrogen-bond donors (Lipinski definition) is 0. The number of methoxy groups -OCH3 is 2. The van der Waals surface area contributed by atoms with Gasteiger partial charge in [0.1, 0.15) is 11.5 Å². The lowest BCUT2D eigenvalue weighted by atomic mass is 9.93. The Balaban J connectivity index is 2.13. The largest absolute Gasteiger partial charge is 0.496 e. The summed E-state index contributed by atoms with van der Waals surface area (Å²) < 4.78 is 10.9. The van der Waals surface area contributed by atoms with Crippen molar-refractivity contribution >= 4 is 15.9 Å². The molecule has 0 heterocycles. The molecule has 2 nitrogen and oxygen atoms in total. The summed E-state index contributed by atoms with van der Waals surface area (Å²) in [5.41, 5.74) is 2.50. The Bertz CT molecular complexity index is 519. The third kappa shape index (κ3) is 4.24. The summed E-state index contributed by atoms with van der Waals surface area (Å²) in [5, 5.41) is 0.948. The van der Waals surface area contributed by atoms with Gasteiger partial charge in [-0.2, -0.15) is 0 Å². The van der Waals surface area contributed by atoms with E-state index in [2.05, 4.69) is 40.2 Å². The Morgan fingerprint density at radius 1 is 0.810 bits per heavy atom. The van der Waals surface area contributed by atoms with Crippen LogP contribution in [0.5, 0.6) is 11.5 Å². The van der Waals surface area contributed by atoms with Gasteiger partial charge >= 0.3 is 0 Å². The number of hydrogen-bond acceptors (Lipinski definition) is 2. The van der Waals surface area contributed by atoms with Crippen LogP contribution in [0.3, 0.4) is 0 Å². The van der Waals surface area contributed by atoms with E-state index < -0.39 is 0 Å². The van der Waals surface area contributed by atoms with Crippen molar-refractivity contribution in [1.29, 1.82) is 0 Å². The first kappa shape index (κ1) is 15.9. The van der Waals surface area contributed by atoms with Crippen LogP contribution < -0.4 is 9.47 Å². The van der Waals surface area contributed by atoms with E-state index in [0.717, 1.165) is 29.7 Å². The first-order valence-electron chi connectivity index (χ1n) is 7.08. The highest BCUT2D eigenvalue weighted by molar-refractivity contribution is 9.09. The van der Waals surface area contributed by atoms with Gasteiger partial charge in [0.15, 0.2) is 0 Å². The molecule has 0 radical (unpaired) electrons. The molecule has 0 N–H and O–H groups in total. The average Bonchev–Trinajstić information content (AvgIpc) is 2.55. The van der Waals surface area contributed by atoms with E-state index in [1.807, 2.05) is 24.3 Å². The maximum atomic E-state index is 5.45. The minimum atomic E-state index is 0.498. The zero-order valence-corrected chi connectivity index (χ0v) is 14.1. The highest BCUT2D eigenvalue weighted by Crippen LogP contribution is 2.27. The Labute approximate surface area is 135 Å². The number of rotatable bonds is 7. The molecule has 0 atom stereocenters. The van der Waals surface area contributed by atoms with E-state index in [4.69, 9.17) is 9.47 Å². The molecular formula is C18H21BrO2. The lowest BCUT2D eigenvalue weighted by Gasteiger charge is -2.17. The average molecular weight is 349 g/mol. The van der Waals surface area contributed by atoms with Gasteiger partial charge in [-0.25, -0.2) is 0 Å². The SMILES string of the molecule is COc1ccccc1CC(CBr)Cc1ccccc1OC. The summed E-state index contributed by atoms with van der Waals surface area (Å²) in [6.45, 7) is 0. The van der Waals surface area contributed by atoms with Gasteiger partial charge in [0.25, 0.3) is 0 Å². The molecule has 112 valence electrons. The molecule has 0 amide bonds. The van der Waals surface area contributed by atoms with E-state index >= 15 is 0 Å². The van der Waals surface area contributed by atoms with Crippen LogP contribution in [0.2, 0.25) is 0 Å². The fraction of sp³-hybridized carbons (Fsp3) is 0.333. The van der Waals surface area contributed by atoms with Crippen LogP contribution in [0.15, 0.2) is 48.5 Å². The molecule has 0 unspecified atom stereocenters. The highest BCUT2D eigenvalue weighted by atomic mass is 79.9. The molecule has 0 bridgehead atoms. The smallest absolute Gasteiger partial charge is 0.122 e. The standard InChI is InChI=1S/C18H21BrO2/c1-20-17-9-5-3-7-15(17)11-14(13-19)12-16-8-4-6-10-18(16)21-2/h3-10,14H,11-13H2,1-2H3. The van der Waals surface area contributed by atoms with E-state index in [9.17, 15) is 0 Å². The van der Waals surface area contributed by atoms with Crippen molar-refractivity contribution in [3.05, 3.63) is 59.7 Å². The molecule has 0 aliphatic heterocycles. The zero-order chi connectivity index (χ0) is 15.1. The topological polar surface area (TPSA) is 18.5 Å². The van der Waals surface area contributed by atoms with Crippen molar-refractivity contribution in [2.45, 2.75) is 12.8 Å². The molecule has 21 heavy (non-hydrogen) atoms. The van der Waals surface area contributed by atoms with Crippen LogP contribution in [-0.4, -0.2) is 19.5 Å². The Kier molecular flexibility index (Phi) is 6.12. The fourth-order valence-electron chi connectivity index (χ4n) is 2.55.